The van der Waals surface area contributed by atoms with Crippen molar-refractivity contribution in [1.82, 2.24) is 9.55 Å². The van der Waals surface area contributed by atoms with Gasteiger partial charge in [-0.25, -0.2) is 4.98 Å². The molecule has 5 heteroatoms. The molecule has 1 rings (SSSR count). The summed E-state index contributed by atoms with van der Waals surface area (Å²) >= 11 is 0. The minimum Gasteiger partial charge on any atom is -0.365 e. The summed E-state index contributed by atoms with van der Waals surface area (Å²) in [5.41, 5.74) is 5.27. The molecule has 0 atom stereocenters. The highest BCUT2D eigenvalue weighted by Gasteiger charge is 2.01. The summed E-state index contributed by atoms with van der Waals surface area (Å²) in [6.07, 6.45) is 4.13. The fourth-order valence-corrected chi connectivity index (χ4v) is 1.13. The molecule has 5 nitrogen and oxygen atoms in total. The van der Waals surface area contributed by atoms with Gasteiger partial charge in [0, 0.05) is 25.5 Å². The summed E-state index contributed by atoms with van der Waals surface area (Å²) in [7, 11) is 0. The Morgan fingerprint density at radius 1 is 1.64 bits per heavy atom. The lowest BCUT2D eigenvalue weighted by Crippen LogP contribution is -2.24. The number of aromatic nitrogens is 2. The minimum atomic E-state index is -0.0768. The molecule has 0 saturated heterocycles. The Bertz CT molecular complexity index is 334. The molecule has 0 aliphatic carbocycles. The van der Waals surface area contributed by atoms with E-state index in [0.29, 0.717) is 25.5 Å². The first kappa shape index (κ1) is 10.7. The first-order valence-corrected chi connectivity index (χ1v) is 4.79. The predicted molar refractivity (Wildman–Crippen MR) is 56.3 cm³/mol. The number of anilines is 1. The van der Waals surface area contributed by atoms with Crippen LogP contribution in [0.4, 0.5) is 5.82 Å². The van der Waals surface area contributed by atoms with Crippen molar-refractivity contribution in [2.75, 3.05) is 18.4 Å². The Hall–Kier alpha value is -1.36. The molecule has 78 valence electrons. The quantitative estimate of drug-likeness (QED) is 0.651. The van der Waals surface area contributed by atoms with Crippen LogP contribution in [0.15, 0.2) is 17.2 Å². The molecule has 0 amide bonds. The zero-order valence-corrected chi connectivity index (χ0v) is 8.36. The summed E-state index contributed by atoms with van der Waals surface area (Å²) in [6.45, 7) is 3.88. The number of nitrogens with one attached hydrogen (secondary N) is 1. The average Bonchev–Trinajstić information content (AvgIpc) is 2.21. The zero-order valence-electron chi connectivity index (χ0n) is 8.36. The number of aryl methyl sites for hydroxylation is 1. The number of hydrogen-bond acceptors (Lipinski definition) is 4. The van der Waals surface area contributed by atoms with E-state index in [2.05, 4.69) is 10.3 Å². The molecule has 0 radical (unpaired) electrons. The van der Waals surface area contributed by atoms with Crippen LogP contribution in [0.5, 0.6) is 0 Å². The first-order chi connectivity index (χ1) is 6.79. The number of hydrogen-bond donors (Lipinski definition) is 2. The molecule has 1 aromatic rings. The van der Waals surface area contributed by atoms with Crippen LogP contribution < -0.4 is 16.6 Å². The van der Waals surface area contributed by atoms with E-state index >= 15 is 0 Å². The topological polar surface area (TPSA) is 72.9 Å². The van der Waals surface area contributed by atoms with E-state index in [4.69, 9.17) is 5.73 Å². The van der Waals surface area contributed by atoms with Crippen molar-refractivity contribution in [3.8, 4) is 0 Å². The lowest BCUT2D eigenvalue weighted by molar-refractivity contribution is 0.717. The van der Waals surface area contributed by atoms with Gasteiger partial charge in [0.15, 0.2) is 5.82 Å². The van der Waals surface area contributed by atoms with Crippen LogP contribution in [0.25, 0.3) is 0 Å². The van der Waals surface area contributed by atoms with Crippen LogP contribution in [-0.2, 0) is 6.54 Å². The second-order valence-corrected chi connectivity index (χ2v) is 2.94. The maximum Gasteiger partial charge on any atom is 0.293 e. The molecule has 0 aromatic carbocycles. The Balaban J connectivity index is 2.72. The van der Waals surface area contributed by atoms with Gasteiger partial charge in [-0.1, -0.05) is 0 Å². The summed E-state index contributed by atoms with van der Waals surface area (Å²) in [5, 5.41) is 2.96. The highest BCUT2D eigenvalue weighted by molar-refractivity contribution is 5.30. The van der Waals surface area contributed by atoms with E-state index in [9.17, 15) is 4.79 Å². The largest absolute Gasteiger partial charge is 0.365 e. The highest BCUT2D eigenvalue weighted by Crippen LogP contribution is 1.92. The molecule has 0 spiro atoms. The zero-order chi connectivity index (χ0) is 10.4. The van der Waals surface area contributed by atoms with E-state index in [1.165, 1.54) is 0 Å². The van der Waals surface area contributed by atoms with Crippen molar-refractivity contribution in [1.29, 1.82) is 0 Å². The maximum absolute atomic E-state index is 11.6. The molecule has 1 aromatic heterocycles. The Morgan fingerprint density at radius 3 is 3.07 bits per heavy atom. The van der Waals surface area contributed by atoms with Crippen LogP contribution in [-0.4, -0.2) is 22.6 Å². The van der Waals surface area contributed by atoms with Gasteiger partial charge in [0.05, 0.1) is 0 Å². The Morgan fingerprint density at radius 2 is 2.43 bits per heavy atom. The van der Waals surface area contributed by atoms with E-state index in [1.54, 1.807) is 17.0 Å². The van der Waals surface area contributed by atoms with Crippen molar-refractivity contribution >= 4 is 5.82 Å². The number of nitrogens with two attached hydrogens (primary N) is 1. The van der Waals surface area contributed by atoms with Gasteiger partial charge in [-0.2, -0.15) is 0 Å². The number of rotatable bonds is 5. The maximum atomic E-state index is 11.6. The van der Waals surface area contributed by atoms with E-state index in [0.717, 1.165) is 6.42 Å². The van der Waals surface area contributed by atoms with E-state index in [1.807, 2.05) is 6.92 Å². The van der Waals surface area contributed by atoms with Gasteiger partial charge in [-0.05, 0) is 19.9 Å². The molecule has 0 fully saturated rings. The molecule has 1 heterocycles. The molecule has 0 aliphatic heterocycles. The molecular weight excluding hydrogens is 180 g/mol. The summed E-state index contributed by atoms with van der Waals surface area (Å²) < 4.78 is 1.61. The standard InChI is InChI=1S/C9H16N4O/c1-2-13-7-6-12-8(9(13)14)11-5-3-4-10/h6-7H,2-5,10H2,1H3,(H,11,12). The second kappa shape index (κ2) is 5.39. The third-order valence-electron chi connectivity index (χ3n) is 1.93. The highest BCUT2D eigenvalue weighted by atomic mass is 16.1. The monoisotopic (exact) mass is 196 g/mol. The molecule has 3 N–H and O–H groups in total. The lowest BCUT2D eigenvalue weighted by atomic mass is 10.4. The predicted octanol–water partition coefficient (Wildman–Crippen LogP) is 0.0239. The fourth-order valence-electron chi connectivity index (χ4n) is 1.13. The number of nitrogens with zero attached hydrogens (tertiary/aromatic N) is 2. The second-order valence-electron chi connectivity index (χ2n) is 2.94. The van der Waals surface area contributed by atoms with Gasteiger partial charge in [0.1, 0.15) is 0 Å². The first-order valence-electron chi connectivity index (χ1n) is 4.79. The van der Waals surface area contributed by atoms with Crippen LogP contribution in [0.3, 0.4) is 0 Å². The third-order valence-corrected chi connectivity index (χ3v) is 1.93. The van der Waals surface area contributed by atoms with Crippen molar-refractivity contribution < 1.29 is 0 Å². The fraction of sp³-hybridized carbons (Fsp3) is 0.556. The average molecular weight is 196 g/mol. The van der Waals surface area contributed by atoms with Crippen molar-refractivity contribution in [2.24, 2.45) is 5.73 Å². The van der Waals surface area contributed by atoms with Gasteiger partial charge in [-0.3, -0.25) is 4.79 Å². The van der Waals surface area contributed by atoms with E-state index < -0.39 is 0 Å². The molecule has 0 aliphatic rings. The summed E-state index contributed by atoms with van der Waals surface area (Å²) in [6, 6.07) is 0. The minimum absolute atomic E-state index is 0.0768. The van der Waals surface area contributed by atoms with Crippen molar-refractivity contribution in [3.05, 3.63) is 22.7 Å². The van der Waals surface area contributed by atoms with Gasteiger partial charge in [0.25, 0.3) is 5.56 Å². The van der Waals surface area contributed by atoms with Crippen LogP contribution in [0.2, 0.25) is 0 Å². The molecule has 14 heavy (non-hydrogen) atoms. The third kappa shape index (κ3) is 2.56. The van der Waals surface area contributed by atoms with Crippen LogP contribution in [0, 0.1) is 0 Å². The molecule has 0 bridgehead atoms. The van der Waals surface area contributed by atoms with E-state index in [-0.39, 0.29) is 5.56 Å². The van der Waals surface area contributed by atoms with Gasteiger partial charge < -0.3 is 15.6 Å². The van der Waals surface area contributed by atoms with Crippen LogP contribution in [0.1, 0.15) is 13.3 Å². The van der Waals surface area contributed by atoms with Gasteiger partial charge in [0.2, 0.25) is 0 Å². The summed E-state index contributed by atoms with van der Waals surface area (Å²) in [4.78, 5) is 15.6. The lowest BCUT2D eigenvalue weighted by Gasteiger charge is -2.06. The van der Waals surface area contributed by atoms with Gasteiger partial charge >= 0.3 is 0 Å². The van der Waals surface area contributed by atoms with Crippen molar-refractivity contribution in [2.45, 2.75) is 19.9 Å². The normalized spacial score (nSPS) is 10.1. The SMILES string of the molecule is CCn1ccnc(NCCCN)c1=O. The van der Waals surface area contributed by atoms with Gasteiger partial charge in [-0.15, -0.1) is 0 Å². The van der Waals surface area contributed by atoms with Crippen LogP contribution >= 0.6 is 0 Å². The molecule has 0 unspecified atom stereocenters. The smallest absolute Gasteiger partial charge is 0.293 e. The molecule has 0 saturated carbocycles. The Labute approximate surface area is 83.0 Å². The van der Waals surface area contributed by atoms with Crippen molar-refractivity contribution in [3.63, 3.8) is 0 Å². The Kier molecular flexibility index (Phi) is 4.12. The summed E-state index contributed by atoms with van der Waals surface area (Å²) in [5.74, 6) is 0.405. The molecular formula is C9H16N4O.